The van der Waals surface area contributed by atoms with E-state index in [9.17, 15) is 18.0 Å². The van der Waals surface area contributed by atoms with Crippen molar-refractivity contribution in [1.29, 1.82) is 0 Å². The Hall–Kier alpha value is -1.15. The lowest BCUT2D eigenvalue weighted by molar-refractivity contribution is -0.147. The van der Waals surface area contributed by atoms with Gasteiger partial charge in [0.15, 0.2) is 0 Å². The fraction of sp³-hybridized carbons (Fsp3) is 0.778. The maximum atomic E-state index is 11.1. The number of carboxylic acids is 2. The van der Waals surface area contributed by atoms with Gasteiger partial charge in [-0.1, -0.05) is 26.2 Å². The van der Waals surface area contributed by atoms with Gasteiger partial charge < -0.3 is 10.2 Å². The van der Waals surface area contributed by atoms with E-state index in [1.54, 1.807) is 0 Å². The highest BCUT2D eigenvalue weighted by Gasteiger charge is 2.51. The van der Waals surface area contributed by atoms with E-state index in [4.69, 9.17) is 14.8 Å². The van der Waals surface area contributed by atoms with Crippen LogP contribution in [0.4, 0.5) is 0 Å². The van der Waals surface area contributed by atoms with Gasteiger partial charge in [-0.05, 0) is 6.42 Å². The lowest BCUT2D eigenvalue weighted by atomic mass is 9.97. The molecule has 7 nitrogen and oxygen atoms in total. The molecule has 0 amide bonds. The first kappa shape index (κ1) is 15.9. The number of unbranched alkanes of at least 4 members (excludes halogenated alkanes) is 2. The van der Waals surface area contributed by atoms with E-state index in [0.717, 1.165) is 0 Å². The van der Waals surface area contributed by atoms with E-state index >= 15 is 0 Å². The van der Waals surface area contributed by atoms with Crippen molar-refractivity contribution in [2.75, 3.05) is 0 Å². The molecule has 17 heavy (non-hydrogen) atoms. The lowest BCUT2D eigenvalue weighted by Crippen LogP contribution is -2.48. The molecule has 0 radical (unpaired) electrons. The zero-order valence-corrected chi connectivity index (χ0v) is 10.2. The minimum Gasteiger partial charge on any atom is -0.481 e. The molecule has 100 valence electrons. The minimum atomic E-state index is -4.98. The third-order valence-corrected chi connectivity index (χ3v) is 4.02. The van der Waals surface area contributed by atoms with E-state index in [1.807, 2.05) is 6.92 Å². The van der Waals surface area contributed by atoms with Gasteiger partial charge in [0.2, 0.25) is 4.75 Å². The van der Waals surface area contributed by atoms with Gasteiger partial charge in [-0.3, -0.25) is 14.1 Å². The highest BCUT2D eigenvalue weighted by Crippen LogP contribution is 2.28. The molecule has 0 aromatic carbocycles. The number of carbonyl (C=O) groups is 2. The molecule has 1 atom stereocenters. The first-order valence-corrected chi connectivity index (χ1v) is 6.53. The highest BCUT2D eigenvalue weighted by atomic mass is 32.2. The summed E-state index contributed by atoms with van der Waals surface area (Å²) in [7, 11) is -4.98. The third kappa shape index (κ3) is 3.97. The molecule has 0 aliphatic rings. The molecule has 8 heteroatoms. The summed E-state index contributed by atoms with van der Waals surface area (Å²) >= 11 is 0. The van der Waals surface area contributed by atoms with Crippen molar-refractivity contribution >= 4 is 22.1 Å². The van der Waals surface area contributed by atoms with Gasteiger partial charge in [-0.15, -0.1) is 0 Å². The van der Waals surface area contributed by atoms with Crippen molar-refractivity contribution in [2.24, 2.45) is 0 Å². The number of rotatable bonds is 8. The van der Waals surface area contributed by atoms with Crippen LogP contribution in [0.1, 0.15) is 39.0 Å². The zero-order chi connectivity index (χ0) is 13.7. The maximum Gasteiger partial charge on any atom is 0.328 e. The average Bonchev–Trinajstić information content (AvgIpc) is 2.13. The summed E-state index contributed by atoms with van der Waals surface area (Å²) in [5, 5.41) is 17.5. The molecule has 1 unspecified atom stereocenters. The Kier molecular flexibility index (Phi) is 5.56. The normalized spacial score (nSPS) is 15.2. The maximum absolute atomic E-state index is 11.1. The number of aliphatic carboxylic acids is 2. The first-order chi connectivity index (χ1) is 7.67. The Morgan fingerprint density at radius 1 is 1.18 bits per heavy atom. The summed E-state index contributed by atoms with van der Waals surface area (Å²) in [4.78, 5) is 21.6. The van der Waals surface area contributed by atoms with Crippen LogP contribution in [0.25, 0.3) is 0 Å². The van der Waals surface area contributed by atoms with E-state index in [2.05, 4.69) is 0 Å². The molecular weight excluding hydrogens is 252 g/mol. The highest BCUT2D eigenvalue weighted by molar-refractivity contribution is 7.88. The Labute approximate surface area is 99.2 Å². The van der Waals surface area contributed by atoms with Crippen LogP contribution in [0, 0.1) is 0 Å². The van der Waals surface area contributed by atoms with Gasteiger partial charge in [-0.2, -0.15) is 8.42 Å². The van der Waals surface area contributed by atoms with Crippen molar-refractivity contribution in [2.45, 2.75) is 43.8 Å². The second kappa shape index (κ2) is 5.97. The van der Waals surface area contributed by atoms with Gasteiger partial charge in [0, 0.05) is 0 Å². The van der Waals surface area contributed by atoms with Crippen LogP contribution in [0.5, 0.6) is 0 Å². The first-order valence-electron chi connectivity index (χ1n) is 5.09. The second-order valence-corrected chi connectivity index (χ2v) is 5.53. The van der Waals surface area contributed by atoms with Crippen LogP contribution in [0.3, 0.4) is 0 Å². The van der Waals surface area contributed by atoms with E-state index in [0.29, 0.717) is 12.8 Å². The average molecular weight is 268 g/mol. The van der Waals surface area contributed by atoms with E-state index in [-0.39, 0.29) is 6.42 Å². The van der Waals surface area contributed by atoms with Crippen LogP contribution in [0.15, 0.2) is 0 Å². The smallest absolute Gasteiger partial charge is 0.328 e. The molecule has 0 saturated carbocycles. The number of hydrogen-bond acceptors (Lipinski definition) is 4. The van der Waals surface area contributed by atoms with Crippen LogP contribution in [-0.2, 0) is 19.7 Å². The Morgan fingerprint density at radius 3 is 2.00 bits per heavy atom. The quantitative estimate of drug-likeness (QED) is 0.437. The second-order valence-electron chi connectivity index (χ2n) is 3.80. The predicted molar refractivity (Wildman–Crippen MR) is 58.3 cm³/mol. The molecule has 0 bridgehead atoms. The minimum absolute atomic E-state index is 0.218. The van der Waals surface area contributed by atoms with Crippen molar-refractivity contribution in [3.8, 4) is 0 Å². The number of hydrogen-bond donors (Lipinski definition) is 3. The molecule has 0 spiro atoms. The standard InChI is InChI=1S/C9H16O7S/c1-2-3-4-5-9(8(12)13,6-7(10)11)17(14,15)16/h2-6H2,1H3,(H,10,11)(H,12,13)(H,14,15,16). The van der Waals surface area contributed by atoms with Crippen molar-refractivity contribution in [3.63, 3.8) is 0 Å². The van der Waals surface area contributed by atoms with Gasteiger partial charge in [0.25, 0.3) is 10.1 Å². The number of carboxylic acid groups (broad SMARTS) is 2. The summed E-state index contributed by atoms with van der Waals surface area (Å²) < 4.78 is 28.6. The van der Waals surface area contributed by atoms with Crippen LogP contribution in [0.2, 0.25) is 0 Å². The summed E-state index contributed by atoms with van der Waals surface area (Å²) in [5.74, 6) is -3.42. The van der Waals surface area contributed by atoms with Gasteiger partial charge in [0.1, 0.15) is 0 Å². The Balaban J connectivity index is 5.27. The lowest BCUT2D eigenvalue weighted by Gasteiger charge is -2.24. The van der Waals surface area contributed by atoms with Crippen LogP contribution < -0.4 is 0 Å². The Morgan fingerprint density at radius 2 is 1.71 bits per heavy atom. The molecule has 3 N–H and O–H groups in total. The molecule has 0 aliphatic heterocycles. The van der Waals surface area contributed by atoms with Gasteiger partial charge >= 0.3 is 11.9 Å². The summed E-state index contributed by atoms with van der Waals surface area (Å²) in [5.41, 5.74) is 0. The van der Waals surface area contributed by atoms with Gasteiger partial charge in [0.05, 0.1) is 6.42 Å². The largest absolute Gasteiger partial charge is 0.481 e. The molecule has 0 aromatic heterocycles. The summed E-state index contributed by atoms with van der Waals surface area (Å²) in [6.45, 7) is 1.83. The third-order valence-electron chi connectivity index (χ3n) is 2.50. The molecule has 0 fully saturated rings. The molecule has 0 saturated heterocycles. The van der Waals surface area contributed by atoms with Gasteiger partial charge in [-0.25, -0.2) is 0 Å². The molecular formula is C9H16O7S. The monoisotopic (exact) mass is 268 g/mol. The van der Waals surface area contributed by atoms with Crippen molar-refractivity contribution in [1.82, 2.24) is 0 Å². The summed E-state index contributed by atoms with van der Waals surface area (Å²) in [6, 6.07) is 0. The van der Waals surface area contributed by atoms with Crippen molar-refractivity contribution < 1.29 is 32.8 Å². The molecule has 0 rings (SSSR count). The molecule has 0 heterocycles. The van der Waals surface area contributed by atoms with Crippen molar-refractivity contribution in [3.05, 3.63) is 0 Å². The molecule has 0 aromatic rings. The SMILES string of the molecule is CCCCCC(CC(=O)O)(C(=O)O)S(=O)(=O)O. The van der Waals surface area contributed by atoms with Crippen LogP contribution >= 0.6 is 0 Å². The topological polar surface area (TPSA) is 129 Å². The van der Waals surface area contributed by atoms with Crippen LogP contribution in [-0.4, -0.2) is 39.9 Å². The predicted octanol–water partition coefficient (Wildman–Crippen LogP) is 0.753. The molecule has 0 aliphatic carbocycles. The fourth-order valence-corrected chi connectivity index (χ4v) is 2.44. The zero-order valence-electron chi connectivity index (χ0n) is 9.42. The summed E-state index contributed by atoms with van der Waals surface area (Å²) in [6.07, 6.45) is -0.0690. The fourth-order valence-electron chi connectivity index (χ4n) is 1.51. The van der Waals surface area contributed by atoms with E-state index in [1.165, 1.54) is 0 Å². The Bertz CT molecular complexity index is 386. The van der Waals surface area contributed by atoms with E-state index < -0.39 is 39.6 Å².